The summed E-state index contributed by atoms with van der Waals surface area (Å²) < 4.78 is 5.20. The van der Waals surface area contributed by atoms with Crippen LogP contribution in [0.15, 0.2) is 12.1 Å². The van der Waals surface area contributed by atoms with Gasteiger partial charge in [-0.2, -0.15) is 0 Å². The normalized spacial score (nSPS) is 24.3. The van der Waals surface area contributed by atoms with Crippen molar-refractivity contribution in [3.05, 3.63) is 22.2 Å². The number of carbonyl (C=O) groups excluding carboxylic acids is 1. The molecule has 0 aliphatic carbocycles. The van der Waals surface area contributed by atoms with Gasteiger partial charge in [0.2, 0.25) is 0 Å². The number of amides is 1. The molecule has 3 rings (SSSR count). The first-order valence-electron chi connectivity index (χ1n) is 6.58. The van der Waals surface area contributed by atoms with Gasteiger partial charge in [0.15, 0.2) is 12.4 Å². The molecule has 1 fully saturated rings. The number of benzene rings is 1. The van der Waals surface area contributed by atoms with Gasteiger partial charge in [0.25, 0.3) is 11.6 Å². The Kier molecular flexibility index (Phi) is 2.98. The molecule has 2 aliphatic heterocycles. The summed E-state index contributed by atoms with van der Waals surface area (Å²) in [6.45, 7) is 2.37. The number of β-amino-alcohol motifs (C(OH)–C–C–N with tert-alkyl or cyclic N) is 1. The number of ether oxygens (including phenoxy) is 1. The third-order valence-corrected chi connectivity index (χ3v) is 3.70. The van der Waals surface area contributed by atoms with E-state index < -0.39 is 10.5 Å². The van der Waals surface area contributed by atoms with Gasteiger partial charge in [-0.3, -0.25) is 14.9 Å². The molecule has 2 heterocycles. The molecule has 2 N–H and O–H groups in total. The SMILES string of the molecule is CC1(O)CCN(c2cc3c(cc2[N+](=O)[O-])OCC(=O)N3)C1. The second-order valence-electron chi connectivity index (χ2n) is 5.60. The lowest BCUT2D eigenvalue weighted by Crippen LogP contribution is -2.30. The van der Waals surface area contributed by atoms with Crippen molar-refractivity contribution in [1.29, 1.82) is 0 Å². The highest BCUT2D eigenvalue weighted by molar-refractivity contribution is 5.97. The van der Waals surface area contributed by atoms with E-state index in [1.807, 2.05) is 0 Å². The standard InChI is InChI=1S/C13H15N3O5/c1-13(18)2-3-15(7-13)9-4-8-11(5-10(9)16(19)20)21-6-12(17)14-8/h4-5,18H,2-3,6-7H2,1H3,(H,14,17). The first kappa shape index (κ1) is 13.6. The van der Waals surface area contributed by atoms with Gasteiger partial charge in [-0.1, -0.05) is 0 Å². The third kappa shape index (κ3) is 2.49. The minimum atomic E-state index is -0.872. The quantitative estimate of drug-likeness (QED) is 0.619. The second-order valence-corrected chi connectivity index (χ2v) is 5.60. The number of nitrogens with zero attached hydrogens (tertiary/aromatic N) is 2. The molecule has 0 aromatic heterocycles. The zero-order valence-corrected chi connectivity index (χ0v) is 11.5. The molecule has 1 aromatic carbocycles. The van der Waals surface area contributed by atoms with E-state index in [9.17, 15) is 20.0 Å². The van der Waals surface area contributed by atoms with Crippen LogP contribution in [0.4, 0.5) is 17.1 Å². The molecule has 1 saturated heterocycles. The smallest absolute Gasteiger partial charge is 0.296 e. The van der Waals surface area contributed by atoms with Gasteiger partial charge in [-0.05, 0) is 19.4 Å². The van der Waals surface area contributed by atoms with Crippen molar-refractivity contribution < 1.29 is 19.6 Å². The van der Waals surface area contributed by atoms with Crippen molar-refractivity contribution in [1.82, 2.24) is 0 Å². The van der Waals surface area contributed by atoms with Gasteiger partial charge < -0.3 is 20.1 Å². The van der Waals surface area contributed by atoms with Gasteiger partial charge in [-0.15, -0.1) is 0 Å². The summed E-state index contributed by atoms with van der Waals surface area (Å²) in [7, 11) is 0. The number of anilines is 2. The highest BCUT2D eigenvalue weighted by Gasteiger charge is 2.35. The van der Waals surface area contributed by atoms with Gasteiger partial charge in [0, 0.05) is 13.1 Å². The summed E-state index contributed by atoms with van der Waals surface area (Å²) in [5, 5.41) is 23.9. The predicted molar refractivity (Wildman–Crippen MR) is 74.7 cm³/mol. The maximum Gasteiger partial charge on any atom is 0.296 e. The molecule has 112 valence electrons. The number of rotatable bonds is 2. The summed E-state index contributed by atoms with van der Waals surface area (Å²) in [5.74, 6) is -0.00766. The number of nitro benzene ring substituents is 1. The van der Waals surface area contributed by atoms with Gasteiger partial charge >= 0.3 is 0 Å². The summed E-state index contributed by atoms with van der Waals surface area (Å²) in [6.07, 6.45) is 0.532. The minimum absolute atomic E-state index is 0.0948. The summed E-state index contributed by atoms with van der Waals surface area (Å²) in [5.41, 5.74) is -0.174. The van der Waals surface area contributed by atoms with Crippen LogP contribution in [-0.2, 0) is 4.79 Å². The third-order valence-electron chi connectivity index (χ3n) is 3.70. The Labute approximate surface area is 120 Å². The number of fused-ring (bicyclic) bond motifs is 1. The van der Waals surface area contributed by atoms with Crippen LogP contribution < -0.4 is 15.0 Å². The first-order chi connectivity index (χ1) is 9.85. The lowest BCUT2D eigenvalue weighted by molar-refractivity contribution is -0.384. The number of nitro groups is 1. The number of aliphatic hydroxyl groups is 1. The van der Waals surface area contributed by atoms with Gasteiger partial charge in [-0.25, -0.2) is 0 Å². The van der Waals surface area contributed by atoms with Crippen LogP contribution in [0.3, 0.4) is 0 Å². The zero-order valence-electron chi connectivity index (χ0n) is 11.5. The van der Waals surface area contributed by atoms with Crippen molar-refractivity contribution in [3.63, 3.8) is 0 Å². The van der Waals surface area contributed by atoms with Gasteiger partial charge in [0.1, 0.15) is 5.69 Å². The Morgan fingerprint density at radius 2 is 2.29 bits per heavy atom. The largest absolute Gasteiger partial charge is 0.481 e. The lowest BCUT2D eigenvalue weighted by atomic mass is 10.1. The number of hydrogen-bond acceptors (Lipinski definition) is 6. The van der Waals surface area contributed by atoms with Crippen LogP contribution in [0.1, 0.15) is 13.3 Å². The van der Waals surface area contributed by atoms with Crippen molar-refractivity contribution in [2.24, 2.45) is 0 Å². The molecule has 1 unspecified atom stereocenters. The Hall–Kier alpha value is -2.35. The maximum absolute atomic E-state index is 11.4. The Morgan fingerprint density at radius 1 is 1.52 bits per heavy atom. The van der Waals surface area contributed by atoms with Crippen LogP contribution >= 0.6 is 0 Å². The van der Waals surface area contributed by atoms with Crippen LogP contribution in [0.25, 0.3) is 0 Å². The van der Waals surface area contributed by atoms with E-state index in [2.05, 4.69) is 5.32 Å². The molecule has 8 nitrogen and oxygen atoms in total. The Morgan fingerprint density at radius 3 is 2.90 bits per heavy atom. The molecule has 1 atom stereocenters. The first-order valence-corrected chi connectivity index (χ1v) is 6.58. The lowest BCUT2D eigenvalue weighted by Gasteiger charge is -2.24. The summed E-state index contributed by atoms with van der Waals surface area (Å²) >= 11 is 0. The van der Waals surface area contributed by atoms with E-state index in [0.717, 1.165) is 0 Å². The second kappa shape index (κ2) is 4.59. The average molecular weight is 293 g/mol. The highest BCUT2D eigenvalue weighted by atomic mass is 16.6. The van der Waals surface area contributed by atoms with E-state index in [-0.39, 0.29) is 24.0 Å². The van der Waals surface area contributed by atoms with Crippen molar-refractivity contribution in [2.45, 2.75) is 18.9 Å². The van der Waals surface area contributed by atoms with Crippen molar-refractivity contribution >= 4 is 23.0 Å². The topological polar surface area (TPSA) is 105 Å². The van der Waals surface area contributed by atoms with Crippen LogP contribution in [0, 0.1) is 10.1 Å². The van der Waals surface area contributed by atoms with E-state index in [4.69, 9.17) is 4.74 Å². The molecule has 2 aliphatic rings. The monoisotopic (exact) mass is 293 g/mol. The molecule has 1 aromatic rings. The van der Waals surface area contributed by atoms with Crippen molar-refractivity contribution in [3.8, 4) is 5.75 Å². The van der Waals surface area contributed by atoms with E-state index in [1.54, 1.807) is 11.8 Å². The minimum Gasteiger partial charge on any atom is -0.481 e. The Bertz CT molecular complexity index is 628. The molecule has 0 spiro atoms. The molecule has 0 bridgehead atoms. The average Bonchev–Trinajstić information content (AvgIpc) is 2.77. The van der Waals surface area contributed by atoms with Crippen LogP contribution in [-0.4, -0.2) is 41.2 Å². The van der Waals surface area contributed by atoms with Crippen molar-refractivity contribution in [2.75, 3.05) is 29.9 Å². The molecule has 0 saturated carbocycles. The predicted octanol–water partition coefficient (Wildman–Crippen LogP) is 0.887. The van der Waals surface area contributed by atoms with Crippen LogP contribution in [0.5, 0.6) is 5.75 Å². The zero-order chi connectivity index (χ0) is 15.2. The number of hydrogen-bond donors (Lipinski definition) is 2. The molecular formula is C13H15N3O5. The molecule has 1 amide bonds. The fourth-order valence-corrected chi connectivity index (χ4v) is 2.65. The summed E-state index contributed by atoms with van der Waals surface area (Å²) in [4.78, 5) is 23.9. The molecule has 8 heteroatoms. The fourth-order valence-electron chi connectivity index (χ4n) is 2.65. The molecule has 0 radical (unpaired) electrons. The van der Waals surface area contributed by atoms with E-state index in [0.29, 0.717) is 30.9 Å². The van der Waals surface area contributed by atoms with Crippen LogP contribution in [0.2, 0.25) is 0 Å². The van der Waals surface area contributed by atoms with Gasteiger partial charge in [0.05, 0.1) is 22.3 Å². The van der Waals surface area contributed by atoms with E-state index in [1.165, 1.54) is 12.1 Å². The Balaban J connectivity index is 2.04. The molecule has 21 heavy (non-hydrogen) atoms. The van der Waals surface area contributed by atoms with E-state index >= 15 is 0 Å². The number of carbonyl (C=O) groups is 1. The summed E-state index contributed by atoms with van der Waals surface area (Å²) in [6, 6.07) is 2.85. The highest BCUT2D eigenvalue weighted by Crippen LogP contribution is 2.41. The number of nitrogens with one attached hydrogen (secondary N) is 1. The fraction of sp³-hybridized carbons (Fsp3) is 0.462. The maximum atomic E-state index is 11.4. The molecular weight excluding hydrogens is 278 g/mol.